The summed E-state index contributed by atoms with van der Waals surface area (Å²) in [6, 6.07) is -0.258. The molecule has 1 amide bonds. The van der Waals surface area contributed by atoms with E-state index >= 15 is 0 Å². The predicted octanol–water partition coefficient (Wildman–Crippen LogP) is 2.88. The van der Waals surface area contributed by atoms with Gasteiger partial charge in [0.1, 0.15) is 12.2 Å². The van der Waals surface area contributed by atoms with Crippen molar-refractivity contribution in [1.82, 2.24) is 5.32 Å². The van der Waals surface area contributed by atoms with E-state index in [1.807, 2.05) is 19.9 Å². The van der Waals surface area contributed by atoms with Crippen LogP contribution in [-0.4, -0.2) is 42.2 Å². The predicted molar refractivity (Wildman–Crippen MR) is 87.7 cm³/mol. The number of nitrogens with one attached hydrogen (secondary N) is 1. The first-order valence-corrected chi connectivity index (χ1v) is 8.72. The highest BCUT2D eigenvalue weighted by molar-refractivity contribution is 9.11. The first-order chi connectivity index (χ1) is 10.3. The van der Waals surface area contributed by atoms with Gasteiger partial charge < -0.3 is 19.5 Å². The van der Waals surface area contributed by atoms with E-state index < -0.39 is 5.79 Å². The summed E-state index contributed by atoms with van der Waals surface area (Å²) in [5.74, 6) is -0.774. The normalized spacial score (nSPS) is 33.5. The summed E-state index contributed by atoms with van der Waals surface area (Å²) in [7, 11) is 0. The molecule has 5 nitrogen and oxygen atoms in total. The van der Waals surface area contributed by atoms with E-state index in [0.717, 1.165) is 17.3 Å². The van der Waals surface area contributed by atoms with Gasteiger partial charge in [0.05, 0.1) is 18.2 Å². The number of amides is 1. The number of rotatable bonds is 5. The number of halogens is 1. The summed E-state index contributed by atoms with van der Waals surface area (Å²) >= 11 is 3.58. The van der Waals surface area contributed by atoms with Crippen molar-refractivity contribution in [2.75, 3.05) is 0 Å². The van der Waals surface area contributed by atoms with Crippen LogP contribution < -0.4 is 5.32 Å². The van der Waals surface area contributed by atoms with Crippen LogP contribution >= 0.6 is 15.9 Å². The summed E-state index contributed by atoms with van der Waals surface area (Å²) in [5.41, 5.74) is 0. The van der Waals surface area contributed by atoms with Crippen molar-refractivity contribution in [1.29, 1.82) is 0 Å². The van der Waals surface area contributed by atoms with E-state index in [1.165, 1.54) is 6.92 Å². The zero-order valence-electron chi connectivity index (χ0n) is 13.9. The highest BCUT2D eigenvalue weighted by Crippen LogP contribution is 2.40. The molecule has 2 rings (SSSR count). The van der Waals surface area contributed by atoms with Crippen LogP contribution in [0.15, 0.2) is 10.6 Å². The molecule has 22 heavy (non-hydrogen) atoms. The molecule has 0 bridgehead atoms. The molecule has 0 radical (unpaired) electrons. The number of carbonyl (C=O) groups excluding carboxylic acids is 1. The molecule has 1 N–H and O–H groups in total. The molecule has 1 aliphatic heterocycles. The first kappa shape index (κ1) is 17.9. The van der Waals surface area contributed by atoms with Crippen molar-refractivity contribution < 1.29 is 19.0 Å². The number of hydrogen-bond donors (Lipinski definition) is 1. The Labute approximate surface area is 140 Å². The monoisotopic (exact) mass is 375 g/mol. The van der Waals surface area contributed by atoms with Gasteiger partial charge in [0.2, 0.25) is 5.91 Å². The van der Waals surface area contributed by atoms with Crippen molar-refractivity contribution in [2.24, 2.45) is 0 Å². The summed E-state index contributed by atoms with van der Waals surface area (Å²) in [4.78, 5) is 11.6. The Hall–Kier alpha value is -0.430. The first-order valence-electron chi connectivity index (χ1n) is 7.92. The minimum absolute atomic E-state index is 0.0957. The van der Waals surface area contributed by atoms with Gasteiger partial charge in [0.15, 0.2) is 5.79 Å². The van der Waals surface area contributed by atoms with Crippen LogP contribution in [0.2, 0.25) is 0 Å². The van der Waals surface area contributed by atoms with Crippen LogP contribution in [0.3, 0.4) is 0 Å². The third-order valence-electron chi connectivity index (χ3n) is 4.06. The maximum atomic E-state index is 11.6. The molecule has 0 aromatic heterocycles. The summed E-state index contributed by atoms with van der Waals surface area (Å²) in [6.07, 6.45) is 3.30. The Morgan fingerprint density at radius 3 is 2.59 bits per heavy atom. The minimum Gasteiger partial charge on any atom is -0.369 e. The van der Waals surface area contributed by atoms with Crippen LogP contribution in [0.5, 0.6) is 0 Å². The molecule has 2 aliphatic rings. The zero-order chi connectivity index (χ0) is 16.5. The second kappa shape index (κ2) is 6.99. The van der Waals surface area contributed by atoms with Gasteiger partial charge in [0.25, 0.3) is 0 Å². The van der Waals surface area contributed by atoms with Crippen molar-refractivity contribution in [3.8, 4) is 0 Å². The average molecular weight is 376 g/mol. The second-order valence-electron chi connectivity index (χ2n) is 6.34. The molecule has 1 fully saturated rings. The van der Waals surface area contributed by atoms with Crippen molar-refractivity contribution in [3.05, 3.63) is 10.6 Å². The number of ether oxygens (including phenoxy) is 3. The van der Waals surface area contributed by atoms with E-state index in [1.54, 1.807) is 0 Å². The third-order valence-corrected chi connectivity index (χ3v) is 4.78. The van der Waals surface area contributed by atoms with Crippen molar-refractivity contribution >= 4 is 21.8 Å². The maximum Gasteiger partial charge on any atom is 0.217 e. The molecule has 0 spiro atoms. The van der Waals surface area contributed by atoms with E-state index in [2.05, 4.69) is 35.1 Å². The molecule has 1 aliphatic carbocycles. The molecule has 6 heteroatoms. The van der Waals surface area contributed by atoms with Gasteiger partial charge in [-0.15, -0.1) is 0 Å². The fourth-order valence-electron chi connectivity index (χ4n) is 3.03. The lowest BCUT2D eigenvalue weighted by Gasteiger charge is -2.37. The topological polar surface area (TPSA) is 56.8 Å². The average Bonchev–Trinajstić information content (AvgIpc) is 2.76. The molecule has 0 saturated carbocycles. The molecule has 0 aromatic rings. The maximum absolute atomic E-state index is 11.6. The van der Waals surface area contributed by atoms with E-state index in [9.17, 15) is 4.79 Å². The number of hydrogen-bond acceptors (Lipinski definition) is 4. The zero-order valence-corrected chi connectivity index (χ0v) is 15.5. The minimum atomic E-state index is -0.678. The van der Waals surface area contributed by atoms with Gasteiger partial charge in [0, 0.05) is 11.4 Å². The lowest BCUT2D eigenvalue weighted by atomic mass is 9.93. The van der Waals surface area contributed by atoms with Crippen LogP contribution in [-0.2, 0) is 19.0 Å². The Bertz CT molecular complexity index is 447. The van der Waals surface area contributed by atoms with Crippen LogP contribution in [0.4, 0.5) is 0 Å². The van der Waals surface area contributed by atoms with Gasteiger partial charge >= 0.3 is 0 Å². The number of fused-ring (bicyclic) bond motifs is 1. The van der Waals surface area contributed by atoms with Crippen molar-refractivity contribution in [3.63, 3.8) is 0 Å². The molecule has 4 atom stereocenters. The van der Waals surface area contributed by atoms with Crippen molar-refractivity contribution in [2.45, 2.75) is 83.7 Å². The van der Waals surface area contributed by atoms with E-state index in [-0.39, 0.29) is 36.4 Å². The second-order valence-corrected chi connectivity index (χ2v) is 7.25. The fourth-order valence-corrected chi connectivity index (χ4v) is 3.65. The molecule has 126 valence electrons. The van der Waals surface area contributed by atoms with Gasteiger partial charge in [-0.25, -0.2) is 0 Å². The largest absolute Gasteiger partial charge is 0.369 e. The van der Waals surface area contributed by atoms with E-state index in [4.69, 9.17) is 14.2 Å². The van der Waals surface area contributed by atoms with Crippen LogP contribution in [0.1, 0.15) is 47.5 Å². The van der Waals surface area contributed by atoms with Crippen LogP contribution in [0, 0.1) is 0 Å². The summed E-state index contributed by atoms with van der Waals surface area (Å²) in [6.45, 7) is 9.48. The lowest BCUT2D eigenvalue weighted by molar-refractivity contribution is -0.151. The summed E-state index contributed by atoms with van der Waals surface area (Å²) in [5, 5.41) is 2.98. The highest BCUT2D eigenvalue weighted by atomic mass is 79.9. The molecular weight excluding hydrogens is 350 g/mol. The Morgan fingerprint density at radius 1 is 1.41 bits per heavy atom. The quantitative estimate of drug-likeness (QED) is 0.802. The Morgan fingerprint density at radius 2 is 2.05 bits per heavy atom. The smallest absolute Gasteiger partial charge is 0.217 e. The van der Waals surface area contributed by atoms with Gasteiger partial charge in [-0.1, -0.05) is 29.8 Å². The molecule has 1 saturated heterocycles. The fraction of sp³-hybridized carbons (Fsp3) is 0.812. The summed E-state index contributed by atoms with van der Waals surface area (Å²) < 4.78 is 19.1. The standard InChI is InChI=1S/C16H26BrNO4/c1-6-10(7-2)20-12-8-11(17)14-15(13(12)18-9(3)19)22-16(4,5)21-14/h8,10,12-15H,6-7H2,1-5H3,(H,18,19)/t12-,13+,14-,15+/m1/s1. The SMILES string of the molecule is CCC(CC)O[C@@H]1C=C(Br)[C@H]2OC(C)(C)O[C@H]2[C@H]1NC(C)=O. The molecule has 0 aromatic carbocycles. The van der Waals surface area contributed by atoms with Crippen LogP contribution in [0.25, 0.3) is 0 Å². The Balaban J connectivity index is 2.26. The Kier molecular flexibility index (Phi) is 5.69. The lowest BCUT2D eigenvalue weighted by Crippen LogP contribution is -2.57. The van der Waals surface area contributed by atoms with Gasteiger partial charge in [-0.2, -0.15) is 0 Å². The molecule has 0 unspecified atom stereocenters. The third kappa shape index (κ3) is 3.91. The number of carbonyl (C=O) groups is 1. The van der Waals surface area contributed by atoms with E-state index in [0.29, 0.717) is 0 Å². The van der Waals surface area contributed by atoms with Gasteiger partial charge in [-0.3, -0.25) is 4.79 Å². The van der Waals surface area contributed by atoms with Gasteiger partial charge in [-0.05, 0) is 32.8 Å². The molecular formula is C16H26BrNO4. The molecule has 1 heterocycles. The highest BCUT2D eigenvalue weighted by Gasteiger charge is 2.51.